The van der Waals surface area contributed by atoms with E-state index in [2.05, 4.69) is 6.07 Å². The van der Waals surface area contributed by atoms with Crippen LogP contribution in [0, 0.1) is 18.3 Å². The number of nitrogens with two attached hydrogens (primary N) is 1. The Morgan fingerprint density at radius 1 is 1.08 bits per heavy atom. The van der Waals surface area contributed by atoms with E-state index in [9.17, 15) is 14.9 Å². The molecule has 0 amide bonds. The first kappa shape index (κ1) is 17.2. The standard InChI is InChI=1S/C21H17N3O2/c1-13-8-10-16(11-9-13)24-20(23)17(12-22)19(15-6-4-3-5-7-15)18(14(2)25)21(24)26/h3-11H,23H2,1-2H3. The van der Waals surface area contributed by atoms with E-state index in [1.165, 1.54) is 11.5 Å². The lowest BCUT2D eigenvalue weighted by Crippen LogP contribution is -2.29. The number of Topliss-reactive ketones (excluding diaryl/α,β-unsaturated/α-hetero) is 1. The number of benzene rings is 2. The third-order valence-corrected chi connectivity index (χ3v) is 4.23. The first-order valence-electron chi connectivity index (χ1n) is 8.07. The Balaban J connectivity index is 2.47. The highest BCUT2D eigenvalue weighted by molar-refractivity contribution is 6.02. The summed E-state index contributed by atoms with van der Waals surface area (Å²) in [5, 5.41) is 9.72. The van der Waals surface area contributed by atoms with Gasteiger partial charge in [0.1, 0.15) is 17.5 Å². The van der Waals surface area contributed by atoms with E-state index in [-0.39, 0.29) is 22.5 Å². The van der Waals surface area contributed by atoms with Gasteiger partial charge in [-0.3, -0.25) is 14.2 Å². The SMILES string of the molecule is CC(=O)c1c(-c2ccccc2)c(C#N)c(N)n(-c2ccc(C)cc2)c1=O. The predicted molar refractivity (Wildman–Crippen MR) is 101 cm³/mol. The molecule has 0 saturated carbocycles. The Morgan fingerprint density at radius 3 is 2.23 bits per heavy atom. The molecule has 0 unspecified atom stereocenters. The van der Waals surface area contributed by atoms with Crippen molar-refractivity contribution in [2.45, 2.75) is 13.8 Å². The van der Waals surface area contributed by atoms with E-state index in [4.69, 9.17) is 5.73 Å². The van der Waals surface area contributed by atoms with Crippen molar-refractivity contribution in [3.63, 3.8) is 0 Å². The van der Waals surface area contributed by atoms with Crippen LogP contribution in [0.15, 0.2) is 59.4 Å². The number of ketones is 1. The monoisotopic (exact) mass is 343 g/mol. The summed E-state index contributed by atoms with van der Waals surface area (Å²) < 4.78 is 1.22. The lowest BCUT2D eigenvalue weighted by atomic mass is 9.94. The lowest BCUT2D eigenvalue weighted by Gasteiger charge is -2.17. The summed E-state index contributed by atoms with van der Waals surface area (Å²) >= 11 is 0. The number of anilines is 1. The van der Waals surface area contributed by atoms with Gasteiger partial charge < -0.3 is 5.73 Å². The zero-order valence-electron chi connectivity index (χ0n) is 14.5. The maximum atomic E-state index is 13.1. The molecule has 5 nitrogen and oxygen atoms in total. The molecule has 2 N–H and O–H groups in total. The molecule has 0 aliphatic heterocycles. The van der Waals surface area contributed by atoms with Gasteiger partial charge in [0.25, 0.3) is 5.56 Å². The van der Waals surface area contributed by atoms with Gasteiger partial charge in [-0.15, -0.1) is 0 Å². The summed E-state index contributed by atoms with van der Waals surface area (Å²) in [4.78, 5) is 25.4. The van der Waals surface area contributed by atoms with Gasteiger partial charge in [-0.2, -0.15) is 5.26 Å². The number of carbonyl (C=O) groups is 1. The highest BCUT2D eigenvalue weighted by Crippen LogP contribution is 2.30. The Labute approximate surface area is 150 Å². The van der Waals surface area contributed by atoms with Crippen LogP contribution >= 0.6 is 0 Å². The highest BCUT2D eigenvalue weighted by atomic mass is 16.1. The number of hydrogen-bond acceptors (Lipinski definition) is 4. The average Bonchev–Trinajstić information content (AvgIpc) is 2.63. The number of nitrogens with zero attached hydrogens (tertiary/aromatic N) is 2. The number of nitriles is 1. The Kier molecular flexibility index (Phi) is 4.42. The van der Waals surface area contributed by atoms with E-state index in [0.29, 0.717) is 11.3 Å². The molecular weight excluding hydrogens is 326 g/mol. The van der Waals surface area contributed by atoms with Crippen molar-refractivity contribution in [1.82, 2.24) is 4.57 Å². The minimum atomic E-state index is -0.531. The zero-order valence-corrected chi connectivity index (χ0v) is 14.5. The second kappa shape index (κ2) is 6.69. The molecule has 26 heavy (non-hydrogen) atoms. The van der Waals surface area contributed by atoms with Gasteiger partial charge in [0.15, 0.2) is 5.78 Å². The van der Waals surface area contributed by atoms with Crippen molar-refractivity contribution in [2.24, 2.45) is 0 Å². The van der Waals surface area contributed by atoms with Gasteiger partial charge >= 0.3 is 0 Å². The molecule has 0 fully saturated rings. The summed E-state index contributed by atoms with van der Waals surface area (Å²) in [5.74, 6) is -0.392. The molecule has 128 valence electrons. The van der Waals surface area contributed by atoms with Crippen LogP contribution in [0.3, 0.4) is 0 Å². The van der Waals surface area contributed by atoms with E-state index >= 15 is 0 Å². The van der Waals surface area contributed by atoms with Crippen LogP contribution in [0.4, 0.5) is 5.82 Å². The van der Waals surface area contributed by atoms with Crippen molar-refractivity contribution in [1.29, 1.82) is 5.26 Å². The van der Waals surface area contributed by atoms with E-state index in [1.54, 1.807) is 36.4 Å². The molecule has 0 bridgehead atoms. The third kappa shape index (κ3) is 2.78. The maximum absolute atomic E-state index is 13.1. The van der Waals surface area contributed by atoms with Crippen molar-refractivity contribution in [3.05, 3.63) is 81.6 Å². The summed E-state index contributed by atoms with van der Waals surface area (Å²) in [6, 6.07) is 18.1. The number of pyridine rings is 1. The van der Waals surface area contributed by atoms with Crippen LogP contribution in [-0.4, -0.2) is 10.4 Å². The highest BCUT2D eigenvalue weighted by Gasteiger charge is 2.24. The van der Waals surface area contributed by atoms with Gasteiger partial charge in [-0.1, -0.05) is 48.0 Å². The molecular formula is C21H17N3O2. The molecule has 0 atom stereocenters. The first-order valence-corrected chi connectivity index (χ1v) is 8.07. The van der Waals surface area contributed by atoms with Crippen molar-refractivity contribution in [3.8, 4) is 22.9 Å². The molecule has 0 aliphatic rings. The molecule has 3 aromatic rings. The smallest absolute Gasteiger partial charge is 0.268 e. The summed E-state index contributed by atoms with van der Waals surface area (Å²) in [6.07, 6.45) is 0. The largest absolute Gasteiger partial charge is 0.384 e. The van der Waals surface area contributed by atoms with Crippen molar-refractivity contribution < 1.29 is 4.79 Å². The fraction of sp³-hybridized carbons (Fsp3) is 0.0952. The van der Waals surface area contributed by atoms with E-state index < -0.39 is 11.3 Å². The molecule has 0 saturated heterocycles. The second-order valence-electron chi connectivity index (χ2n) is 6.02. The van der Waals surface area contributed by atoms with Gasteiger partial charge in [-0.25, -0.2) is 0 Å². The van der Waals surface area contributed by atoms with E-state index in [0.717, 1.165) is 5.56 Å². The van der Waals surface area contributed by atoms with Crippen LogP contribution in [0.1, 0.15) is 28.4 Å². The number of rotatable bonds is 3. The van der Waals surface area contributed by atoms with Gasteiger partial charge in [0.05, 0.1) is 11.3 Å². The Morgan fingerprint density at radius 2 is 1.69 bits per heavy atom. The molecule has 1 heterocycles. The number of aromatic nitrogens is 1. The fourth-order valence-electron chi connectivity index (χ4n) is 2.98. The van der Waals surface area contributed by atoms with E-state index in [1.807, 2.05) is 25.1 Å². The molecule has 1 aromatic heterocycles. The second-order valence-corrected chi connectivity index (χ2v) is 6.02. The number of aryl methyl sites for hydroxylation is 1. The molecule has 5 heteroatoms. The van der Waals surface area contributed by atoms with Crippen LogP contribution in [0.25, 0.3) is 16.8 Å². The molecule has 3 rings (SSSR count). The van der Waals surface area contributed by atoms with Gasteiger partial charge in [0.2, 0.25) is 0 Å². The van der Waals surface area contributed by atoms with Gasteiger partial charge in [0, 0.05) is 5.56 Å². The maximum Gasteiger partial charge on any atom is 0.268 e. The number of nitrogen functional groups attached to an aromatic ring is 1. The molecule has 2 aromatic carbocycles. The lowest BCUT2D eigenvalue weighted by molar-refractivity contribution is 0.101. The summed E-state index contributed by atoms with van der Waals surface area (Å²) in [7, 11) is 0. The minimum Gasteiger partial charge on any atom is -0.384 e. The predicted octanol–water partition coefficient (Wildman–Crippen LogP) is 3.47. The van der Waals surface area contributed by atoms with Crippen molar-refractivity contribution >= 4 is 11.6 Å². The summed E-state index contributed by atoms with van der Waals surface area (Å²) in [5.41, 5.74) is 8.17. The minimum absolute atomic E-state index is 0.0187. The van der Waals surface area contributed by atoms with Gasteiger partial charge in [-0.05, 0) is 31.5 Å². The quantitative estimate of drug-likeness (QED) is 0.738. The molecule has 0 aliphatic carbocycles. The Hall–Kier alpha value is -3.65. The Bertz CT molecular complexity index is 1090. The zero-order chi connectivity index (χ0) is 18.8. The van der Waals surface area contributed by atoms with Crippen LogP contribution < -0.4 is 11.3 Å². The van der Waals surface area contributed by atoms with Crippen LogP contribution in [-0.2, 0) is 0 Å². The number of carbonyl (C=O) groups excluding carboxylic acids is 1. The van der Waals surface area contributed by atoms with Crippen molar-refractivity contribution in [2.75, 3.05) is 5.73 Å². The first-order chi connectivity index (χ1) is 12.5. The third-order valence-electron chi connectivity index (χ3n) is 4.23. The molecule has 0 spiro atoms. The number of hydrogen-bond donors (Lipinski definition) is 1. The van der Waals surface area contributed by atoms with Crippen LogP contribution in [0.5, 0.6) is 0 Å². The normalized spacial score (nSPS) is 10.3. The summed E-state index contributed by atoms with van der Waals surface area (Å²) in [6.45, 7) is 3.25. The van der Waals surface area contributed by atoms with Crippen LogP contribution in [0.2, 0.25) is 0 Å². The fourth-order valence-corrected chi connectivity index (χ4v) is 2.98. The average molecular weight is 343 g/mol. The molecule has 0 radical (unpaired) electrons. The topological polar surface area (TPSA) is 88.9 Å².